The van der Waals surface area contributed by atoms with Gasteiger partial charge in [0.25, 0.3) is 0 Å². The van der Waals surface area contributed by atoms with E-state index in [0.717, 1.165) is 11.3 Å². The van der Waals surface area contributed by atoms with Crippen molar-refractivity contribution in [1.29, 1.82) is 0 Å². The normalized spacial score (nSPS) is 22.3. The molecule has 1 aliphatic rings. The summed E-state index contributed by atoms with van der Waals surface area (Å²) in [5, 5.41) is 0.478. The van der Waals surface area contributed by atoms with Gasteiger partial charge in [-0.2, -0.15) is 0 Å². The quantitative estimate of drug-likeness (QED) is 0.313. The summed E-state index contributed by atoms with van der Waals surface area (Å²) >= 11 is 1.65. The molecular weight excluding hydrogens is 245 g/mol. The van der Waals surface area contributed by atoms with Gasteiger partial charge in [-0.15, -0.1) is 11.3 Å². The Kier molecular flexibility index (Phi) is 3.33. The number of carbonyl (C=O) groups is 1. The smallest absolute Gasteiger partial charge is 0.195 e. The number of hydrogen-bond acceptors (Lipinski definition) is 2. The molecule has 8 heteroatoms. The molecule has 0 saturated heterocycles. The van der Waals surface area contributed by atoms with Crippen LogP contribution in [-0.4, -0.2) is 52.9 Å². The molecule has 0 bridgehead atoms. The van der Waals surface area contributed by atoms with E-state index in [1.54, 1.807) is 11.3 Å². The number of fused-ring (bicyclic) bond motifs is 1. The Morgan fingerprint density at radius 2 is 1.84 bits per heavy atom. The average Bonchev–Trinajstić information content (AvgIpc) is 2.70. The van der Waals surface area contributed by atoms with E-state index in [1.165, 1.54) is 16.5 Å². The van der Waals surface area contributed by atoms with Crippen molar-refractivity contribution in [1.82, 2.24) is 0 Å². The fourth-order valence-corrected chi connectivity index (χ4v) is 4.60. The van der Waals surface area contributed by atoms with Crippen LogP contribution in [0.4, 0.5) is 0 Å². The molecule has 0 atom stereocenters. The monoisotopic (exact) mass is 264 g/mol. The lowest BCUT2D eigenvalue weighted by Crippen LogP contribution is -2.54. The highest BCUT2D eigenvalue weighted by atomic mass is 32.1. The van der Waals surface area contributed by atoms with Crippen molar-refractivity contribution < 1.29 is 4.79 Å². The molecule has 1 nitrogen and oxygen atoms in total. The molecule has 19 heavy (non-hydrogen) atoms. The van der Waals surface area contributed by atoms with Crippen molar-refractivity contribution in [3.63, 3.8) is 0 Å². The highest BCUT2D eigenvalue weighted by molar-refractivity contribution is 7.14. The Hall–Kier alpha value is -0.500. The number of hydrogen-bond donors (Lipinski definition) is 0. The molecule has 0 radical (unpaired) electrons. The van der Waals surface area contributed by atoms with Crippen LogP contribution in [0, 0.1) is 0 Å². The largest absolute Gasteiger partial charge is 0.288 e. The van der Waals surface area contributed by atoms with E-state index >= 15 is 0 Å². The van der Waals surface area contributed by atoms with Crippen LogP contribution in [0.2, 0.25) is 10.4 Å². The topological polar surface area (TPSA) is 17.1 Å². The van der Waals surface area contributed by atoms with Crippen LogP contribution in [0.1, 0.15) is 20.1 Å². The lowest BCUT2D eigenvalue weighted by Gasteiger charge is -2.57. The molecule has 0 unspecified atom stereocenters. The third kappa shape index (κ3) is 1.94. The van der Waals surface area contributed by atoms with Gasteiger partial charge in [0.1, 0.15) is 15.7 Å². The maximum Gasteiger partial charge on any atom is 0.195 e. The van der Waals surface area contributed by atoms with Gasteiger partial charge in [0.2, 0.25) is 0 Å². The van der Waals surface area contributed by atoms with Gasteiger partial charge in [0, 0.05) is 4.88 Å². The molecular formula is C11H18B6OS. The maximum absolute atomic E-state index is 11.9. The van der Waals surface area contributed by atoms with Crippen molar-refractivity contribution in [3.05, 3.63) is 34.0 Å². The van der Waals surface area contributed by atoms with Gasteiger partial charge in [-0.1, -0.05) is 22.2 Å². The Bertz CT molecular complexity index is 560. The summed E-state index contributed by atoms with van der Waals surface area (Å²) in [6.45, 7) is 3.59. The lowest BCUT2D eigenvalue weighted by molar-refractivity contribution is 0.105. The second kappa shape index (κ2) is 4.25. The van der Waals surface area contributed by atoms with Gasteiger partial charge in [0.15, 0.2) is 5.78 Å². The second-order valence-electron chi connectivity index (χ2n) is 7.33. The zero-order chi connectivity index (χ0) is 14.6. The maximum atomic E-state index is 11.9. The molecule has 0 fully saturated rings. The van der Waals surface area contributed by atoms with Crippen LogP contribution < -0.4 is 0 Å². The second-order valence-corrected chi connectivity index (χ2v) is 8.46. The molecule has 2 rings (SSSR count). The Labute approximate surface area is 125 Å². The fourth-order valence-electron chi connectivity index (χ4n) is 3.12. The van der Waals surface area contributed by atoms with E-state index in [9.17, 15) is 4.79 Å². The lowest BCUT2D eigenvalue weighted by atomic mass is 9.15. The highest BCUT2D eigenvalue weighted by Crippen LogP contribution is 2.60. The van der Waals surface area contributed by atoms with Gasteiger partial charge >= 0.3 is 0 Å². The van der Waals surface area contributed by atoms with E-state index in [-0.39, 0.29) is 21.4 Å². The summed E-state index contributed by atoms with van der Waals surface area (Å²) in [6, 6.07) is 2.10. The van der Waals surface area contributed by atoms with Gasteiger partial charge in [-0.05, 0) is 24.1 Å². The Morgan fingerprint density at radius 1 is 1.26 bits per heavy atom. The molecule has 0 spiro atoms. The molecule has 0 aromatic carbocycles. The van der Waals surface area contributed by atoms with Crippen molar-refractivity contribution in [2.24, 2.45) is 0 Å². The van der Waals surface area contributed by atoms with E-state index < -0.39 is 0 Å². The number of ketones is 1. The first-order valence-corrected chi connectivity index (χ1v) is 7.66. The molecule has 0 saturated carbocycles. The van der Waals surface area contributed by atoms with Crippen molar-refractivity contribution in [2.45, 2.75) is 22.1 Å². The molecule has 0 N–H and O–H groups in total. The number of rotatable bonds is 2. The van der Waals surface area contributed by atoms with Crippen LogP contribution >= 0.6 is 11.3 Å². The van der Waals surface area contributed by atoms with Gasteiger partial charge in [-0.25, -0.2) is 0 Å². The minimum atomic E-state index is 0.0470. The molecule has 92 valence electrons. The van der Waals surface area contributed by atoms with E-state index in [2.05, 4.69) is 59.7 Å². The molecule has 1 aromatic heterocycles. The molecule has 1 heterocycles. The molecule has 0 aliphatic heterocycles. The third-order valence-corrected chi connectivity index (χ3v) is 6.92. The summed E-state index contributed by atoms with van der Waals surface area (Å²) in [4.78, 5) is 14.1. The summed E-state index contributed by atoms with van der Waals surface area (Å²) in [6.07, 6.45) is 2.47. The molecule has 0 amide bonds. The molecule has 1 aromatic rings. The van der Waals surface area contributed by atoms with Crippen LogP contribution in [-0.2, 0) is 11.6 Å². The summed E-state index contributed by atoms with van der Waals surface area (Å²) in [7, 11) is 14.0. The van der Waals surface area contributed by atoms with E-state index in [4.69, 9.17) is 0 Å². The van der Waals surface area contributed by atoms with Gasteiger partial charge in [0.05, 0.1) is 36.3 Å². The Balaban J connectivity index is 2.64. The van der Waals surface area contributed by atoms with Crippen molar-refractivity contribution in [3.8, 4) is 0 Å². The standard InChI is InChI=1S/C11H18B6OS/c1-2-6(18)7-3-5-8(19-7)4-9(12,13)11(16,17)10(5,14)15/h2-3H,1,4,12-17H2. The summed E-state index contributed by atoms with van der Waals surface area (Å²) < 4.78 is 0. The minimum Gasteiger partial charge on any atom is -0.288 e. The fraction of sp³-hybridized carbons (Fsp3) is 0.364. The minimum absolute atomic E-state index is 0.0470. The average molecular weight is 263 g/mol. The zero-order valence-corrected chi connectivity index (χ0v) is 13.7. The van der Waals surface area contributed by atoms with E-state index in [1.807, 2.05) is 0 Å². The third-order valence-electron chi connectivity index (χ3n) is 5.77. The van der Waals surface area contributed by atoms with Gasteiger partial charge in [-0.3, -0.25) is 4.79 Å². The van der Waals surface area contributed by atoms with Crippen LogP contribution in [0.15, 0.2) is 18.7 Å². The number of carbonyl (C=O) groups excluding carboxylic acids is 1. The van der Waals surface area contributed by atoms with Gasteiger partial charge < -0.3 is 0 Å². The first-order chi connectivity index (χ1) is 8.54. The van der Waals surface area contributed by atoms with Crippen LogP contribution in [0.25, 0.3) is 0 Å². The predicted octanol–water partition coefficient (Wildman–Crippen LogP) is -3.14. The number of allylic oxidation sites excluding steroid dienone is 1. The van der Waals surface area contributed by atoms with Crippen molar-refractivity contribution >= 4 is 64.2 Å². The van der Waals surface area contributed by atoms with Crippen molar-refractivity contribution in [2.75, 3.05) is 0 Å². The molecule has 1 aliphatic carbocycles. The SMILES string of the molecule is BC1(B)Cc2sc(C(=O)C=C)cc2C(B)(B)C1(B)B. The summed E-state index contributed by atoms with van der Waals surface area (Å²) in [5.41, 5.74) is 1.35. The Morgan fingerprint density at radius 3 is 2.37 bits per heavy atom. The van der Waals surface area contributed by atoms with Crippen LogP contribution in [0.5, 0.6) is 0 Å². The van der Waals surface area contributed by atoms with Crippen LogP contribution in [0.3, 0.4) is 0 Å². The predicted molar refractivity (Wildman–Crippen MR) is 101 cm³/mol. The van der Waals surface area contributed by atoms with E-state index in [0.29, 0.717) is 0 Å². The highest BCUT2D eigenvalue weighted by Gasteiger charge is 2.52. The number of thiophene rings is 1. The first kappa shape index (κ1) is 14.9. The first-order valence-electron chi connectivity index (χ1n) is 6.84. The summed E-state index contributed by atoms with van der Waals surface area (Å²) in [5.74, 6) is 0.0470. The zero-order valence-electron chi connectivity index (χ0n) is 12.9.